The second-order valence-electron chi connectivity index (χ2n) is 4.44. The van der Waals surface area contributed by atoms with Gasteiger partial charge in [0.1, 0.15) is 0 Å². The molecule has 21 heavy (non-hydrogen) atoms. The van der Waals surface area contributed by atoms with Crippen LogP contribution in [0.5, 0.6) is 0 Å². The molecule has 106 valence electrons. The van der Waals surface area contributed by atoms with Gasteiger partial charge < -0.3 is 0 Å². The second kappa shape index (κ2) is 6.61. The number of allylic oxidation sites excluding steroid dienone is 3. The zero-order valence-corrected chi connectivity index (χ0v) is 12.3. The van der Waals surface area contributed by atoms with E-state index in [4.69, 9.17) is 0 Å². The van der Waals surface area contributed by atoms with Gasteiger partial charge in [0.05, 0.1) is 0 Å². The fourth-order valence-electron chi connectivity index (χ4n) is 1.98. The predicted octanol–water partition coefficient (Wildman–Crippen LogP) is 3.98. The van der Waals surface area contributed by atoms with Crippen LogP contribution in [0, 0.1) is 6.92 Å². The van der Waals surface area contributed by atoms with Crippen LogP contribution in [0.3, 0.4) is 0 Å². The van der Waals surface area contributed by atoms with Crippen molar-refractivity contribution in [2.75, 3.05) is 0 Å². The van der Waals surface area contributed by atoms with E-state index in [0.717, 1.165) is 16.7 Å². The first-order valence-electron chi connectivity index (χ1n) is 6.67. The minimum Gasteiger partial charge on any atom is -0.264 e. The Kier molecular flexibility index (Phi) is 4.61. The van der Waals surface area contributed by atoms with E-state index >= 15 is 0 Å². The van der Waals surface area contributed by atoms with Gasteiger partial charge in [-0.2, -0.15) is 0 Å². The summed E-state index contributed by atoms with van der Waals surface area (Å²) >= 11 is 0. The van der Waals surface area contributed by atoms with Gasteiger partial charge in [-0.25, -0.2) is 9.67 Å². The first-order valence-corrected chi connectivity index (χ1v) is 6.67. The molecule has 2 aromatic rings. The Morgan fingerprint density at radius 1 is 1.24 bits per heavy atom. The highest BCUT2D eigenvalue weighted by Crippen LogP contribution is 2.24. The fourth-order valence-corrected chi connectivity index (χ4v) is 1.98. The Hall–Kier alpha value is -2.75. The highest BCUT2D eigenvalue weighted by molar-refractivity contribution is 5.73. The summed E-state index contributed by atoms with van der Waals surface area (Å²) in [6, 6.07) is 0. The van der Waals surface area contributed by atoms with Crippen molar-refractivity contribution in [3.05, 3.63) is 60.7 Å². The van der Waals surface area contributed by atoms with Gasteiger partial charge in [-0.1, -0.05) is 37.5 Å². The van der Waals surface area contributed by atoms with Crippen LogP contribution in [0.4, 0.5) is 0 Å². The second-order valence-corrected chi connectivity index (χ2v) is 4.44. The molecular weight excluding hydrogens is 260 g/mol. The standard InChI is InChI=1S/C17H18N4/c1-5-8-9-14-13(4)11-18-12-15(14)17-19-16(7-3)21(20-17)10-6-2/h5-12H,1,3H2,2,4H3/b9-8-,10-6-. The van der Waals surface area contributed by atoms with Gasteiger partial charge in [0.2, 0.25) is 0 Å². The minimum atomic E-state index is 0.628. The number of nitrogens with zero attached hydrogens (tertiary/aromatic N) is 4. The summed E-state index contributed by atoms with van der Waals surface area (Å²) in [6.45, 7) is 11.4. The Bertz CT molecular complexity index is 720. The maximum absolute atomic E-state index is 4.51. The molecule has 0 aliphatic carbocycles. The van der Waals surface area contributed by atoms with E-state index in [-0.39, 0.29) is 0 Å². The third-order valence-electron chi connectivity index (χ3n) is 2.96. The number of hydrogen-bond donors (Lipinski definition) is 0. The molecule has 0 unspecified atom stereocenters. The molecule has 0 atom stereocenters. The van der Waals surface area contributed by atoms with Crippen molar-refractivity contribution in [1.82, 2.24) is 19.7 Å². The van der Waals surface area contributed by atoms with Crippen LogP contribution < -0.4 is 0 Å². The molecular formula is C17H18N4. The van der Waals surface area contributed by atoms with Gasteiger partial charge in [-0.3, -0.25) is 4.98 Å². The van der Waals surface area contributed by atoms with Crippen molar-refractivity contribution in [3.63, 3.8) is 0 Å². The van der Waals surface area contributed by atoms with Crippen molar-refractivity contribution in [2.45, 2.75) is 13.8 Å². The highest BCUT2D eigenvalue weighted by Gasteiger charge is 2.12. The molecule has 2 rings (SSSR count). The van der Waals surface area contributed by atoms with Crippen LogP contribution in [-0.2, 0) is 0 Å². The summed E-state index contributed by atoms with van der Waals surface area (Å²) in [5.74, 6) is 1.33. The summed E-state index contributed by atoms with van der Waals surface area (Å²) in [5, 5.41) is 4.50. The first kappa shape index (κ1) is 14.7. The molecule has 0 saturated heterocycles. The molecule has 0 spiro atoms. The molecule has 0 radical (unpaired) electrons. The molecule has 4 heteroatoms. The lowest BCUT2D eigenvalue weighted by Crippen LogP contribution is -1.93. The summed E-state index contributed by atoms with van der Waals surface area (Å²) in [5.41, 5.74) is 2.99. The van der Waals surface area contributed by atoms with Gasteiger partial charge in [0.15, 0.2) is 11.6 Å². The van der Waals surface area contributed by atoms with Crippen molar-refractivity contribution >= 4 is 18.4 Å². The SMILES string of the molecule is C=C/C=C\c1c(C)cncc1-c1nc(C=C)n(/C=C\C)n1. The van der Waals surface area contributed by atoms with E-state index < -0.39 is 0 Å². The average Bonchev–Trinajstić information content (AvgIpc) is 2.89. The molecule has 0 bridgehead atoms. The monoisotopic (exact) mass is 278 g/mol. The van der Waals surface area contributed by atoms with E-state index in [2.05, 4.69) is 28.2 Å². The van der Waals surface area contributed by atoms with Crippen molar-refractivity contribution in [2.24, 2.45) is 0 Å². The smallest absolute Gasteiger partial charge is 0.184 e. The quantitative estimate of drug-likeness (QED) is 0.777. The van der Waals surface area contributed by atoms with Crippen molar-refractivity contribution < 1.29 is 0 Å². The van der Waals surface area contributed by atoms with Gasteiger partial charge in [0.25, 0.3) is 0 Å². The van der Waals surface area contributed by atoms with Crippen LogP contribution in [-0.4, -0.2) is 19.7 Å². The van der Waals surface area contributed by atoms with Crippen LogP contribution in [0.15, 0.2) is 43.8 Å². The zero-order valence-electron chi connectivity index (χ0n) is 12.3. The van der Waals surface area contributed by atoms with Gasteiger partial charge in [-0.15, -0.1) is 5.10 Å². The van der Waals surface area contributed by atoms with Crippen molar-refractivity contribution in [3.8, 4) is 11.4 Å². The molecule has 0 aromatic carbocycles. The lowest BCUT2D eigenvalue weighted by Gasteiger charge is -2.04. The molecule has 0 aliphatic heterocycles. The number of hydrogen-bond acceptors (Lipinski definition) is 3. The Balaban J connectivity index is 2.61. The van der Waals surface area contributed by atoms with E-state index in [1.54, 1.807) is 23.0 Å². The Morgan fingerprint density at radius 3 is 2.71 bits per heavy atom. The molecule has 4 nitrogen and oxygen atoms in total. The third-order valence-corrected chi connectivity index (χ3v) is 2.96. The molecule has 0 aliphatic rings. The van der Waals surface area contributed by atoms with Crippen LogP contribution in [0.1, 0.15) is 23.9 Å². The topological polar surface area (TPSA) is 43.6 Å². The molecule has 2 aromatic heterocycles. The molecule has 0 N–H and O–H groups in total. The predicted molar refractivity (Wildman–Crippen MR) is 88.3 cm³/mol. The van der Waals surface area contributed by atoms with Gasteiger partial charge in [-0.05, 0) is 31.1 Å². The Morgan fingerprint density at radius 2 is 2.05 bits per heavy atom. The third kappa shape index (κ3) is 3.05. The number of aromatic nitrogens is 4. The van der Waals surface area contributed by atoms with E-state index in [9.17, 15) is 0 Å². The molecule has 0 fully saturated rings. The number of rotatable bonds is 5. The molecule has 2 heterocycles. The Labute approximate surface area is 124 Å². The summed E-state index contributed by atoms with van der Waals surface area (Å²) < 4.78 is 1.70. The number of aryl methyl sites for hydroxylation is 1. The van der Waals surface area contributed by atoms with Gasteiger partial charge in [0, 0.05) is 24.2 Å². The van der Waals surface area contributed by atoms with Crippen molar-refractivity contribution in [1.29, 1.82) is 0 Å². The van der Waals surface area contributed by atoms with Crippen LogP contribution in [0.25, 0.3) is 29.7 Å². The summed E-state index contributed by atoms with van der Waals surface area (Å²) in [7, 11) is 0. The van der Waals surface area contributed by atoms with E-state index in [0.29, 0.717) is 11.6 Å². The maximum Gasteiger partial charge on any atom is 0.184 e. The van der Waals surface area contributed by atoms with Crippen LogP contribution in [0.2, 0.25) is 0 Å². The lowest BCUT2D eigenvalue weighted by molar-refractivity contribution is 0.923. The summed E-state index contributed by atoms with van der Waals surface area (Å²) in [4.78, 5) is 8.76. The normalized spacial score (nSPS) is 11.3. The maximum atomic E-state index is 4.51. The lowest BCUT2D eigenvalue weighted by atomic mass is 10.0. The zero-order chi connectivity index (χ0) is 15.2. The largest absolute Gasteiger partial charge is 0.264 e. The average molecular weight is 278 g/mol. The van der Waals surface area contributed by atoms with Gasteiger partial charge >= 0.3 is 0 Å². The fraction of sp³-hybridized carbons (Fsp3) is 0.118. The van der Waals surface area contributed by atoms with Crippen LogP contribution >= 0.6 is 0 Å². The summed E-state index contributed by atoms with van der Waals surface area (Å²) in [6.07, 6.45) is 14.6. The minimum absolute atomic E-state index is 0.628. The number of pyridine rings is 1. The molecule has 0 amide bonds. The highest BCUT2D eigenvalue weighted by atomic mass is 15.3. The first-order chi connectivity index (χ1) is 10.2. The van der Waals surface area contributed by atoms with E-state index in [1.165, 1.54) is 0 Å². The molecule has 0 saturated carbocycles. The van der Waals surface area contributed by atoms with E-state index in [1.807, 2.05) is 44.5 Å².